The third-order valence-electron chi connectivity index (χ3n) is 4.78. The van der Waals surface area contributed by atoms with Gasteiger partial charge in [-0.15, -0.1) is 0 Å². The lowest BCUT2D eigenvalue weighted by Crippen LogP contribution is -2.45. The Kier molecular flexibility index (Phi) is 5.58. The summed E-state index contributed by atoms with van der Waals surface area (Å²) in [5.74, 6) is 1.48. The van der Waals surface area contributed by atoms with Crippen LogP contribution in [0.4, 0.5) is 4.79 Å². The number of nitrogens with zero attached hydrogens (tertiary/aromatic N) is 2. The van der Waals surface area contributed by atoms with Crippen LogP contribution in [-0.2, 0) is 6.54 Å². The highest BCUT2D eigenvalue weighted by molar-refractivity contribution is 5.75. The number of pyridine rings is 1. The Morgan fingerprint density at radius 2 is 2.24 bits per heavy atom. The van der Waals surface area contributed by atoms with Gasteiger partial charge in [0.25, 0.3) is 0 Å². The fraction of sp³-hybridized carbons (Fsp3) is 0.474. The normalized spacial score (nSPS) is 15.8. The van der Waals surface area contributed by atoms with Crippen molar-refractivity contribution in [3.8, 4) is 5.75 Å². The first-order valence-electron chi connectivity index (χ1n) is 8.76. The topological polar surface area (TPSA) is 67.6 Å². The average Bonchev–Trinajstić information content (AvgIpc) is 3.33. The van der Waals surface area contributed by atoms with Crippen molar-refractivity contribution in [3.63, 3.8) is 0 Å². The zero-order chi connectivity index (χ0) is 17.6. The molecule has 2 aromatic heterocycles. The number of methoxy groups -OCH3 is 1. The molecule has 6 heteroatoms. The van der Waals surface area contributed by atoms with Crippen LogP contribution in [-0.4, -0.2) is 29.1 Å². The first-order valence-corrected chi connectivity index (χ1v) is 8.76. The van der Waals surface area contributed by atoms with E-state index in [-0.39, 0.29) is 18.1 Å². The molecule has 1 atom stereocenters. The minimum absolute atomic E-state index is 0.0744. The second-order valence-corrected chi connectivity index (χ2v) is 6.43. The SMILES string of the molecule is COc1cnccc1C(C)NC(=O)N(Cc1ccco1)C1CCCC1. The molecule has 0 aliphatic heterocycles. The smallest absolute Gasteiger partial charge is 0.318 e. The van der Waals surface area contributed by atoms with E-state index >= 15 is 0 Å². The maximum atomic E-state index is 13.0. The maximum absolute atomic E-state index is 13.0. The molecule has 0 saturated heterocycles. The monoisotopic (exact) mass is 343 g/mol. The number of hydrogen-bond acceptors (Lipinski definition) is 4. The number of carbonyl (C=O) groups excluding carboxylic acids is 1. The van der Waals surface area contributed by atoms with Crippen molar-refractivity contribution < 1.29 is 13.9 Å². The van der Waals surface area contributed by atoms with Crippen LogP contribution >= 0.6 is 0 Å². The van der Waals surface area contributed by atoms with E-state index in [0.717, 1.165) is 24.2 Å². The van der Waals surface area contributed by atoms with Crippen LogP contribution in [0.25, 0.3) is 0 Å². The zero-order valence-corrected chi connectivity index (χ0v) is 14.8. The fourth-order valence-corrected chi connectivity index (χ4v) is 3.42. The lowest BCUT2D eigenvalue weighted by Gasteiger charge is -2.30. The summed E-state index contributed by atoms with van der Waals surface area (Å²) in [6.07, 6.45) is 9.43. The van der Waals surface area contributed by atoms with Crippen molar-refractivity contribution >= 4 is 6.03 Å². The number of aromatic nitrogens is 1. The number of amides is 2. The van der Waals surface area contributed by atoms with Crippen molar-refractivity contribution in [2.24, 2.45) is 0 Å². The molecule has 6 nitrogen and oxygen atoms in total. The minimum Gasteiger partial charge on any atom is -0.495 e. The lowest BCUT2D eigenvalue weighted by atomic mass is 10.1. The lowest BCUT2D eigenvalue weighted by molar-refractivity contribution is 0.162. The Bertz CT molecular complexity index is 681. The number of ether oxygens (including phenoxy) is 1. The molecular weight excluding hydrogens is 318 g/mol. The highest BCUT2D eigenvalue weighted by Gasteiger charge is 2.28. The standard InChI is InChI=1S/C19H25N3O3/c1-14(17-9-10-20-12-18(17)24-2)21-19(23)22(15-6-3-4-7-15)13-16-8-5-11-25-16/h5,8-12,14-15H,3-4,6-7,13H2,1-2H3,(H,21,23). The van der Waals surface area contributed by atoms with Gasteiger partial charge in [-0.1, -0.05) is 12.8 Å². The molecule has 2 aromatic rings. The van der Waals surface area contributed by atoms with Crippen LogP contribution in [0.15, 0.2) is 41.3 Å². The van der Waals surface area contributed by atoms with E-state index in [0.29, 0.717) is 12.3 Å². The van der Waals surface area contributed by atoms with E-state index in [1.54, 1.807) is 25.8 Å². The molecule has 2 amide bonds. The van der Waals surface area contributed by atoms with Gasteiger partial charge in [0.15, 0.2) is 0 Å². The van der Waals surface area contributed by atoms with Gasteiger partial charge in [0.1, 0.15) is 11.5 Å². The van der Waals surface area contributed by atoms with Gasteiger partial charge in [0, 0.05) is 17.8 Å². The van der Waals surface area contributed by atoms with Crippen LogP contribution in [0.1, 0.15) is 50.0 Å². The van der Waals surface area contributed by atoms with Gasteiger partial charge in [0.2, 0.25) is 0 Å². The van der Waals surface area contributed by atoms with Gasteiger partial charge in [-0.2, -0.15) is 0 Å². The van der Waals surface area contributed by atoms with Gasteiger partial charge < -0.3 is 19.4 Å². The summed E-state index contributed by atoms with van der Waals surface area (Å²) in [6, 6.07) is 5.64. The summed E-state index contributed by atoms with van der Waals surface area (Å²) >= 11 is 0. The summed E-state index contributed by atoms with van der Waals surface area (Å²) in [5.41, 5.74) is 0.912. The highest BCUT2D eigenvalue weighted by Crippen LogP contribution is 2.27. The summed E-state index contributed by atoms with van der Waals surface area (Å²) in [5, 5.41) is 3.10. The number of nitrogens with one attached hydrogen (secondary N) is 1. The van der Waals surface area contributed by atoms with Crippen LogP contribution in [0.5, 0.6) is 5.75 Å². The van der Waals surface area contributed by atoms with Crippen LogP contribution < -0.4 is 10.1 Å². The molecule has 3 rings (SSSR count). The van der Waals surface area contributed by atoms with Crippen LogP contribution in [0.2, 0.25) is 0 Å². The molecule has 1 aliphatic carbocycles. The Morgan fingerprint density at radius 1 is 1.44 bits per heavy atom. The van der Waals surface area contributed by atoms with Crippen molar-refractivity contribution in [2.45, 2.75) is 51.2 Å². The van der Waals surface area contributed by atoms with Gasteiger partial charge in [-0.25, -0.2) is 4.79 Å². The van der Waals surface area contributed by atoms with E-state index in [9.17, 15) is 4.79 Å². The van der Waals surface area contributed by atoms with Crippen molar-refractivity contribution in [2.75, 3.05) is 7.11 Å². The molecule has 1 fully saturated rings. The predicted octanol–water partition coefficient (Wildman–Crippen LogP) is 3.90. The van der Waals surface area contributed by atoms with Crippen molar-refractivity contribution in [1.29, 1.82) is 0 Å². The number of furan rings is 1. The van der Waals surface area contributed by atoms with E-state index in [4.69, 9.17) is 9.15 Å². The maximum Gasteiger partial charge on any atom is 0.318 e. The summed E-state index contributed by atoms with van der Waals surface area (Å²) < 4.78 is 10.8. The van der Waals surface area contributed by atoms with Crippen LogP contribution in [0.3, 0.4) is 0 Å². The third kappa shape index (κ3) is 4.13. The Balaban J connectivity index is 1.72. The molecule has 1 unspecified atom stereocenters. The largest absolute Gasteiger partial charge is 0.495 e. The van der Waals surface area contributed by atoms with E-state index < -0.39 is 0 Å². The predicted molar refractivity (Wildman–Crippen MR) is 94.2 cm³/mol. The Labute approximate surface area is 148 Å². The number of carbonyl (C=O) groups is 1. The second kappa shape index (κ2) is 8.05. The average molecular weight is 343 g/mol. The summed E-state index contributed by atoms with van der Waals surface area (Å²) in [7, 11) is 1.61. The molecule has 0 spiro atoms. The minimum atomic E-state index is -0.175. The molecule has 2 heterocycles. The molecular formula is C19H25N3O3. The van der Waals surface area contributed by atoms with E-state index in [1.807, 2.05) is 30.0 Å². The molecule has 1 aliphatic rings. The summed E-state index contributed by atoms with van der Waals surface area (Å²) in [4.78, 5) is 18.9. The fourth-order valence-electron chi connectivity index (χ4n) is 3.42. The van der Waals surface area contributed by atoms with E-state index in [1.165, 1.54) is 12.8 Å². The molecule has 0 bridgehead atoms. The number of rotatable bonds is 6. The number of urea groups is 1. The van der Waals surface area contributed by atoms with Crippen LogP contribution in [0, 0.1) is 0 Å². The second-order valence-electron chi connectivity index (χ2n) is 6.43. The molecule has 0 radical (unpaired) electrons. The molecule has 134 valence electrons. The molecule has 25 heavy (non-hydrogen) atoms. The first kappa shape index (κ1) is 17.3. The van der Waals surface area contributed by atoms with Crippen molar-refractivity contribution in [1.82, 2.24) is 15.2 Å². The van der Waals surface area contributed by atoms with E-state index in [2.05, 4.69) is 10.3 Å². The highest BCUT2D eigenvalue weighted by atomic mass is 16.5. The first-order chi connectivity index (χ1) is 12.2. The molecule has 1 saturated carbocycles. The Morgan fingerprint density at radius 3 is 2.92 bits per heavy atom. The van der Waals surface area contributed by atoms with Gasteiger partial charge in [0.05, 0.1) is 32.2 Å². The quantitative estimate of drug-likeness (QED) is 0.864. The zero-order valence-electron chi connectivity index (χ0n) is 14.8. The summed E-state index contributed by atoms with van der Waals surface area (Å²) in [6.45, 7) is 2.44. The number of hydrogen-bond donors (Lipinski definition) is 1. The Hall–Kier alpha value is -2.50. The molecule has 1 N–H and O–H groups in total. The van der Waals surface area contributed by atoms with Gasteiger partial charge >= 0.3 is 6.03 Å². The molecule has 0 aromatic carbocycles. The van der Waals surface area contributed by atoms with Gasteiger partial charge in [-0.05, 0) is 38.0 Å². The van der Waals surface area contributed by atoms with Gasteiger partial charge in [-0.3, -0.25) is 4.98 Å². The van der Waals surface area contributed by atoms with Crippen molar-refractivity contribution in [3.05, 3.63) is 48.2 Å². The third-order valence-corrected chi connectivity index (χ3v) is 4.78.